The van der Waals surface area contributed by atoms with E-state index in [1.165, 1.54) is 21.8 Å². The number of thiazole rings is 1. The van der Waals surface area contributed by atoms with E-state index in [0.29, 0.717) is 12.3 Å². The molecule has 0 bridgehead atoms. The van der Waals surface area contributed by atoms with Crippen LogP contribution < -0.4 is 4.90 Å². The number of thiophene rings is 2. The highest BCUT2D eigenvalue weighted by Gasteiger charge is 2.17. The summed E-state index contributed by atoms with van der Waals surface area (Å²) in [6.07, 6.45) is 0. The van der Waals surface area contributed by atoms with Gasteiger partial charge in [-0.25, -0.2) is 15.0 Å². The lowest BCUT2D eigenvalue weighted by atomic mass is 10.2. The predicted octanol–water partition coefficient (Wildman–Crippen LogP) is 5.85. The normalized spacial score (nSPS) is 11.2. The van der Waals surface area contributed by atoms with Gasteiger partial charge in [-0.15, -0.1) is 34.0 Å². The molecule has 0 aliphatic carbocycles. The van der Waals surface area contributed by atoms with Gasteiger partial charge in [0.2, 0.25) is 5.91 Å². The Bertz CT molecular complexity index is 1120. The van der Waals surface area contributed by atoms with Crippen molar-refractivity contribution >= 4 is 67.0 Å². The van der Waals surface area contributed by atoms with E-state index in [-0.39, 0.29) is 5.91 Å². The molecule has 4 aromatic rings. The Morgan fingerprint density at radius 2 is 2.04 bits per heavy atom. The molecule has 0 aliphatic rings. The summed E-state index contributed by atoms with van der Waals surface area (Å²) in [5.41, 5.74) is 2.16. The number of hydrogen-bond donors (Lipinski definition) is 0. The quantitative estimate of drug-likeness (QED) is 0.275. The molecule has 0 atom stereocenters. The van der Waals surface area contributed by atoms with Crippen LogP contribution in [0.5, 0.6) is 0 Å². The van der Waals surface area contributed by atoms with Gasteiger partial charge in [0.1, 0.15) is 15.7 Å². The fraction of sp³-hybridized carbons (Fsp3) is 0.263. The van der Waals surface area contributed by atoms with Gasteiger partial charge in [0.05, 0.1) is 11.1 Å². The SMILES string of the molecule is CCN(C(C)=O)c1nc(CSc2nc(C)nc3scc(-c4cccs4)c23)cs1. The Morgan fingerprint density at radius 1 is 1.18 bits per heavy atom. The second kappa shape index (κ2) is 8.28. The summed E-state index contributed by atoms with van der Waals surface area (Å²) in [5, 5.41) is 9.14. The van der Waals surface area contributed by atoms with Gasteiger partial charge in [-0.05, 0) is 25.3 Å². The maximum absolute atomic E-state index is 11.7. The molecular formula is C19H18N4OS4. The molecule has 1 amide bonds. The van der Waals surface area contributed by atoms with Crippen LogP contribution in [0.3, 0.4) is 0 Å². The average molecular weight is 447 g/mol. The minimum absolute atomic E-state index is 0.0167. The van der Waals surface area contributed by atoms with Gasteiger partial charge in [-0.3, -0.25) is 9.69 Å². The lowest BCUT2D eigenvalue weighted by molar-refractivity contribution is -0.116. The van der Waals surface area contributed by atoms with Crippen molar-refractivity contribution in [1.82, 2.24) is 15.0 Å². The number of rotatable bonds is 6. The van der Waals surface area contributed by atoms with E-state index in [1.807, 2.05) is 19.2 Å². The smallest absolute Gasteiger partial charge is 0.225 e. The van der Waals surface area contributed by atoms with Crippen LogP contribution in [0.2, 0.25) is 0 Å². The molecule has 0 N–H and O–H groups in total. The van der Waals surface area contributed by atoms with Crippen molar-refractivity contribution in [2.24, 2.45) is 0 Å². The second-order valence-corrected chi connectivity index (χ2v) is 9.66. The van der Waals surface area contributed by atoms with Gasteiger partial charge in [0.15, 0.2) is 5.13 Å². The van der Waals surface area contributed by atoms with Crippen molar-refractivity contribution in [3.63, 3.8) is 0 Å². The Hall–Kier alpha value is -1.81. The van der Waals surface area contributed by atoms with Gasteiger partial charge in [-0.1, -0.05) is 17.8 Å². The van der Waals surface area contributed by atoms with Gasteiger partial charge in [0, 0.05) is 40.4 Å². The van der Waals surface area contributed by atoms with Crippen LogP contribution in [0.1, 0.15) is 25.4 Å². The lowest BCUT2D eigenvalue weighted by Gasteiger charge is -2.14. The van der Waals surface area contributed by atoms with Crippen molar-refractivity contribution in [1.29, 1.82) is 0 Å². The molecule has 144 valence electrons. The first-order valence-corrected chi connectivity index (χ1v) is 12.3. The summed E-state index contributed by atoms with van der Waals surface area (Å²) in [7, 11) is 0. The number of hydrogen-bond acceptors (Lipinski definition) is 8. The van der Waals surface area contributed by atoms with Gasteiger partial charge >= 0.3 is 0 Å². The van der Waals surface area contributed by atoms with Crippen molar-refractivity contribution in [3.8, 4) is 10.4 Å². The fourth-order valence-corrected chi connectivity index (χ4v) is 6.74. The van der Waals surface area contributed by atoms with Crippen LogP contribution in [-0.2, 0) is 10.5 Å². The third-order valence-electron chi connectivity index (χ3n) is 4.12. The zero-order valence-electron chi connectivity index (χ0n) is 15.6. The van der Waals surface area contributed by atoms with Crippen LogP contribution in [-0.4, -0.2) is 27.4 Å². The van der Waals surface area contributed by atoms with Crippen molar-refractivity contribution in [2.45, 2.75) is 31.6 Å². The molecule has 0 aliphatic heterocycles. The molecule has 9 heteroatoms. The summed E-state index contributed by atoms with van der Waals surface area (Å²) in [6, 6.07) is 4.20. The van der Waals surface area contributed by atoms with E-state index in [9.17, 15) is 4.79 Å². The second-order valence-electron chi connectivity index (χ2n) is 6.06. The third kappa shape index (κ3) is 3.84. The van der Waals surface area contributed by atoms with Crippen molar-refractivity contribution < 1.29 is 4.79 Å². The number of thioether (sulfide) groups is 1. The minimum Gasteiger partial charge on any atom is -0.289 e. The van der Waals surface area contributed by atoms with Crippen LogP contribution >= 0.6 is 45.8 Å². The van der Waals surface area contributed by atoms with Gasteiger partial charge < -0.3 is 0 Å². The number of carbonyl (C=O) groups is 1. The molecule has 0 unspecified atom stereocenters. The van der Waals surface area contributed by atoms with E-state index in [4.69, 9.17) is 4.98 Å². The number of amides is 1. The molecule has 0 spiro atoms. The standard InChI is InChI=1S/C19H18N4OS4/c1-4-23(12(3)24)19-22-13(9-28-19)8-26-17-16-14(15-6-5-7-25-15)10-27-18(16)21-11(2)20-17/h5-7,9-10H,4,8H2,1-3H3. The molecule has 0 saturated heterocycles. The van der Waals surface area contributed by atoms with E-state index in [1.54, 1.807) is 46.3 Å². The zero-order valence-corrected chi connectivity index (χ0v) is 18.9. The van der Waals surface area contributed by atoms with Crippen molar-refractivity contribution in [3.05, 3.63) is 39.8 Å². The number of fused-ring (bicyclic) bond motifs is 1. The van der Waals surface area contributed by atoms with E-state index in [2.05, 4.69) is 32.9 Å². The molecule has 0 fully saturated rings. The third-order valence-corrected chi connectivity index (χ3v) is 7.82. The Labute approximate surface area is 179 Å². The van der Waals surface area contributed by atoms with Gasteiger partial charge in [0.25, 0.3) is 0 Å². The highest BCUT2D eigenvalue weighted by molar-refractivity contribution is 7.98. The summed E-state index contributed by atoms with van der Waals surface area (Å²) in [4.78, 5) is 29.7. The average Bonchev–Trinajstić information content (AvgIpc) is 3.40. The first kappa shape index (κ1) is 19.5. The first-order chi connectivity index (χ1) is 13.6. The molecule has 0 aromatic carbocycles. The Morgan fingerprint density at radius 3 is 2.75 bits per heavy atom. The topological polar surface area (TPSA) is 59.0 Å². The van der Waals surface area contributed by atoms with Crippen LogP contribution in [0.4, 0.5) is 5.13 Å². The van der Waals surface area contributed by atoms with Gasteiger partial charge in [-0.2, -0.15) is 0 Å². The summed E-state index contributed by atoms with van der Waals surface area (Å²) >= 11 is 6.57. The molecule has 4 heterocycles. The summed E-state index contributed by atoms with van der Waals surface area (Å²) in [5.74, 6) is 1.50. The molecule has 4 aromatic heterocycles. The zero-order chi connectivity index (χ0) is 19.7. The fourth-order valence-electron chi connectivity index (χ4n) is 2.85. The Kier molecular flexibility index (Phi) is 5.77. The van der Waals surface area contributed by atoms with Crippen molar-refractivity contribution in [2.75, 3.05) is 11.4 Å². The number of anilines is 1. The highest BCUT2D eigenvalue weighted by Crippen LogP contribution is 2.40. The molecular weight excluding hydrogens is 429 g/mol. The minimum atomic E-state index is 0.0167. The van der Waals surface area contributed by atoms with E-state index >= 15 is 0 Å². The maximum atomic E-state index is 11.7. The summed E-state index contributed by atoms with van der Waals surface area (Å²) < 4.78 is 0. The number of nitrogens with zero attached hydrogens (tertiary/aromatic N) is 4. The van der Waals surface area contributed by atoms with E-state index in [0.717, 1.165) is 31.9 Å². The molecule has 0 radical (unpaired) electrons. The van der Waals surface area contributed by atoms with E-state index < -0.39 is 0 Å². The van der Waals surface area contributed by atoms with Crippen LogP contribution in [0.15, 0.2) is 33.3 Å². The molecule has 4 rings (SSSR count). The number of aryl methyl sites for hydroxylation is 1. The monoisotopic (exact) mass is 446 g/mol. The predicted molar refractivity (Wildman–Crippen MR) is 121 cm³/mol. The van der Waals surface area contributed by atoms with Crippen LogP contribution in [0.25, 0.3) is 20.7 Å². The Balaban J connectivity index is 1.63. The molecule has 5 nitrogen and oxygen atoms in total. The molecule has 0 saturated carbocycles. The largest absolute Gasteiger partial charge is 0.289 e. The molecule has 28 heavy (non-hydrogen) atoms. The number of carbonyl (C=O) groups excluding carboxylic acids is 1. The number of aromatic nitrogens is 3. The summed E-state index contributed by atoms with van der Waals surface area (Å²) in [6.45, 7) is 6.09. The van der Waals surface area contributed by atoms with Crippen LogP contribution in [0, 0.1) is 6.92 Å². The highest BCUT2D eigenvalue weighted by atomic mass is 32.2. The maximum Gasteiger partial charge on any atom is 0.225 e. The first-order valence-electron chi connectivity index (χ1n) is 8.71. The lowest BCUT2D eigenvalue weighted by Crippen LogP contribution is -2.27.